The first-order valence-corrected chi connectivity index (χ1v) is 8.22. The Bertz CT molecular complexity index is 886. The minimum Gasteiger partial charge on any atom is -0.382 e. The molecule has 0 aliphatic rings. The van der Waals surface area contributed by atoms with Crippen molar-refractivity contribution in [2.24, 2.45) is 0 Å². The van der Waals surface area contributed by atoms with Crippen molar-refractivity contribution in [3.05, 3.63) is 71.1 Å². The number of hydrogen-bond acceptors (Lipinski definition) is 4. The topological polar surface area (TPSA) is 55.3 Å². The molecule has 128 valence electrons. The van der Waals surface area contributed by atoms with E-state index >= 15 is 0 Å². The van der Waals surface area contributed by atoms with E-state index in [4.69, 9.17) is 16.3 Å². The van der Waals surface area contributed by atoms with Gasteiger partial charge < -0.3 is 9.64 Å². The Hall–Kier alpha value is -2.50. The second kappa shape index (κ2) is 7.59. The Labute approximate surface area is 151 Å². The summed E-state index contributed by atoms with van der Waals surface area (Å²) in [4.78, 5) is 23.3. The van der Waals surface area contributed by atoms with Gasteiger partial charge in [-0.05, 0) is 24.3 Å². The van der Waals surface area contributed by atoms with Crippen LogP contribution in [0.3, 0.4) is 0 Å². The molecule has 0 saturated carbocycles. The Morgan fingerprint density at radius 2 is 2.04 bits per heavy atom. The number of amides is 1. The highest BCUT2D eigenvalue weighted by Gasteiger charge is 2.24. The number of nitrogens with zero attached hydrogens (tertiary/aromatic N) is 3. The van der Waals surface area contributed by atoms with E-state index in [9.17, 15) is 4.79 Å². The molecular weight excluding hydrogens is 338 g/mol. The Balaban J connectivity index is 1.94. The van der Waals surface area contributed by atoms with Gasteiger partial charge in [0.2, 0.25) is 0 Å². The lowest BCUT2D eigenvalue weighted by Crippen LogP contribution is -2.34. The third kappa shape index (κ3) is 3.62. The van der Waals surface area contributed by atoms with Crippen LogP contribution in [0.5, 0.6) is 0 Å². The Kier molecular flexibility index (Phi) is 5.26. The van der Waals surface area contributed by atoms with Crippen LogP contribution < -0.4 is 0 Å². The number of benzene rings is 1. The van der Waals surface area contributed by atoms with Gasteiger partial charge in [0.1, 0.15) is 5.69 Å². The molecule has 0 aliphatic carbocycles. The molecule has 0 N–H and O–H groups in total. The number of para-hydroxylation sites is 1. The maximum atomic E-state index is 12.9. The first-order valence-electron chi connectivity index (χ1n) is 7.84. The van der Waals surface area contributed by atoms with Gasteiger partial charge in [0.25, 0.3) is 5.91 Å². The van der Waals surface area contributed by atoms with E-state index in [-0.39, 0.29) is 11.9 Å². The second-order valence-electron chi connectivity index (χ2n) is 5.65. The van der Waals surface area contributed by atoms with Crippen molar-refractivity contribution in [2.75, 3.05) is 20.8 Å². The smallest absolute Gasteiger partial charge is 0.272 e. The quantitative estimate of drug-likeness (QED) is 0.699. The van der Waals surface area contributed by atoms with Crippen molar-refractivity contribution in [3.63, 3.8) is 0 Å². The molecule has 2 aromatic heterocycles. The highest BCUT2D eigenvalue weighted by Crippen LogP contribution is 2.24. The van der Waals surface area contributed by atoms with E-state index < -0.39 is 0 Å². The third-order valence-corrected chi connectivity index (χ3v) is 4.34. The van der Waals surface area contributed by atoms with Crippen LogP contribution >= 0.6 is 11.6 Å². The molecule has 0 spiro atoms. The number of ether oxygens (including phenoxy) is 1. The lowest BCUT2D eigenvalue weighted by Gasteiger charge is -2.27. The van der Waals surface area contributed by atoms with Gasteiger partial charge in [0.05, 0.1) is 28.9 Å². The molecule has 1 amide bonds. The van der Waals surface area contributed by atoms with E-state index in [0.717, 1.165) is 11.1 Å². The number of carbonyl (C=O) groups excluding carboxylic acids is 1. The minimum absolute atomic E-state index is 0.213. The van der Waals surface area contributed by atoms with E-state index in [2.05, 4.69) is 9.97 Å². The second-order valence-corrected chi connectivity index (χ2v) is 6.06. The van der Waals surface area contributed by atoms with Crippen molar-refractivity contribution in [1.29, 1.82) is 0 Å². The van der Waals surface area contributed by atoms with Crippen LogP contribution in [0.25, 0.3) is 10.9 Å². The molecule has 0 saturated heterocycles. The SMILES string of the molecule is COC[C@@H](c1ccccn1)N(C)C(=O)c1ccc2cccc(Cl)c2n1. The monoisotopic (exact) mass is 355 g/mol. The van der Waals surface area contributed by atoms with Crippen molar-refractivity contribution >= 4 is 28.4 Å². The zero-order valence-electron chi connectivity index (χ0n) is 14.0. The number of fused-ring (bicyclic) bond motifs is 1. The summed E-state index contributed by atoms with van der Waals surface area (Å²) in [5.74, 6) is -0.213. The maximum absolute atomic E-state index is 12.9. The summed E-state index contributed by atoms with van der Waals surface area (Å²) in [6.07, 6.45) is 1.70. The largest absolute Gasteiger partial charge is 0.382 e. The van der Waals surface area contributed by atoms with Gasteiger partial charge in [-0.25, -0.2) is 4.98 Å². The lowest BCUT2D eigenvalue weighted by molar-refractivity contribution is 0.0590. The molecule has 5 nitrogen and oxygen atoms in total. The summed E-state index contributed by atoms with van der Waals surface area (Å²) in [5.41, 5.74) is 1.71. The maximum Gasteiger partial charge on any atom is 0.272 e. The molecule has 0 radical (unpaired) electrons. The first-order chi connectivity index (χ1) is 12.1. The van der Waals surface area contributed by atoms with Crippen LogP contribution in [0, 0.1) is 0 Å². The lowest BCUT2D eigenvalue weighted by atomic mass is 10.1. The number of halogens is 1. The summed E-state index contributed by atoms with van der Waals surface area (Å²) in [7, 11) is 3.32. The van der Waals surface area contributed by atoms with Crippen molar-refractivity contribution in [3.8, 4) is 0 Å². The van der Waals surface area contributed by atoms with Crippen LogP contribution in [0.4, 0.5) is 0 Å². The van der Waals surface area contributed by atoms with Crippen molar-refractivity contribution in [2.45, 2.75) is 6.04 Å². The van der Waals surface area contributed by atoms with Crippen LogP contribution in [0.1, 0.15) is 22.2 Å². The number of pyridine rings is 2. The molecule has 6 heteroatoms. The molecule has 3 rings (SSSR count). The summed E-state index contributed by atoms with van der Waals surface area (Å²) < 4.78 is 5.28. The van der Waals surface area contributed by atoms with Gasteiger partial charge in [0.15, 0.2) is 0 Å². The number of methoxy groups -OCH3 is 1. The van der Waals surface area contributed by atoms with E-state index in [1.807, 2.05) is 36.4 Å². The number of aromatic nitrogens is 2. The predicted molar refractivity (Wildman–Crippen MR) is 97.7 cm³/mol. The average Bonchev–Trinajstić information content (AvgIpc) is 2.66. The molecule has 0 bridgehead atoms. The average molecular weight is 356 g/mol. The van der Waals surface area contributed by atoms with Crippen molar-refractivity contribution < 1.29 is 9.53 Å². The summed E-state index contributed by atoms with van der Waals surface area (Å²) in [5, 5.41) is 1.41. The third-order valence-electron chi connectivity index (χ3n) is 4.03. The fraction of sp³-hybridized carbons (Fsp3) is 0.211. The molecule has 25 heavy (non-hydrogen) atoms. The van der Waals surface area contributed by atoms with Gasteiger partial charge in [-0.15, -0.1) is 0 Å². The van der Waals surface area contributed by atoms with Gasteiger partial charge in [-0.1, -0.05) is 35.9 Å². The van der Waals surface area contributed by atoms with Crippen LogP contribution in [-0.4, -0.2) is 41.5 Å². The molecule has 2 heterocycles. The molecule has 0 unspecified atom stereocenters. The molecule has 3 aromatic rings. The van der Waals surface area contributed by atoms with Gasteiger partial charge in [-0.2, -0.15) is 0 Å². The zero-order valence-corrected chi connectivity index (χ0v) is 14.8. The summed E-state index contributed by atoms with van der Waals surface area (Å²) in [6, 6.07) is 14.4. The number of likely N-dealkylation sites (N-methyl/N-ethyl adjacent to an activating group) is 1. The minimum atomic E-state index is -0.303. The zero-order chi connectivity index (χ0) is 17.8. The fourth-order valence-electron chi connectivity index (χ4n) is 2.68. The molecule has 1 atom stereocenters. The normalized spacial score (nSPS) is 12.1. The Morgan fingerprint density at radius 1 is 1.20 bits per heavy atom. The highest BCUT2D eigenvalue weighted by atomic mass is 35.5. The van der Waals surface area contributed by atoms with Crippen LogP contribution in [0.15, 0.2) is 54.7 Å². The van der Waals surface area contributed by atoms with Crippen molar-refractivity contribution in [1.82, 2.24) is 14.9 Å². The molecular formula is C19H18ClN3O2. The Morgan fingerprint density at radius 3 is 2.76 bits per heavy atom. The van der Waals surface area contributed by atoms with E-state index in [1.54, 1.807) is 37.4 Å². The van der Waals surface area contributed by atoms with E-state index in [0.29, 0.717) is 22.8 Å². The van der Waals surface area contributed by atoms with E-state index in [1.165, 1.54) is 0 Å². The predicted octanol–water partition coefficient (Wildman–Crippen LogP) is 3.74. The number of carbonyl (C=O) groups is 1. The standard InChI is InChI=1S/C19H18ClN3O2/c1-23(17(12-25-2)15-8-3-4-11-21-15)19(24)16-10-9-13-6-5-7-14(20)18(13)22-16/h3-11,17H,12H2,1-2H3/t17-/m0/s1. The summed E-state index contributed by atoms with van der Waals surface area (Å²) >= 11 is 6.20. The summed E-state index contributed by atoms with van der Waals surface area (Å²) in [6.45, 7) is 0.341. The fourth-order valence-corrected chi connectivity index (χ4v) is 2.90. The van der Waals surface area contributed by atoms with Crippen LogP contribution in [-0.2, 0) is 4.74 Å². The highest BCUT2D eigenvalue weighted by molar-refractivity contribution is 6.35. The molecule has 0 fully saturated rings. The molecule has 0 aliphatic heterocycles. The molecule has 1 aromatic carbocycles. The first kappa shape index (κ1) is 17.3. The van der Waals surface area contributed by atoms with Gasteiger partial charge in [0, 0.05) is 25.7 Å². The van der Waals surface area contributed by atoms with Crippen LogP contribution in [0.2, 0.25) is 5.02 Å². The van der Waals surface area contributed by atoms with Gasteiger partial charge in [-0.3, -0.25) is 9.78 Å². The number of hydrogen-bond donors (Lipinski definition) is 0. The number of rotatable bonds is 5. The van der Waals surface area contributed by atoms with Gasteiger partial charge >= 0.3 is 0 Å².